The van der Waals surface area contributed by atoms with Gasteiger partial charge in [0, 0.05) is 0 Å². The molecule has 0 fully saturated rings. The summed E-state index contributed by atoms with van der Waals surface area (Å²) < 4.78 is 7.84. The molecule has 0 unspecified atom stereocenters. The number of hydrogen-bond donors (Lipinski definition) is 4. The summed E-state index contributed by atoms with van der Waals surface area (Å²) in [6.07, 6.45) is 0. The molecule has 0 aliphatic heterocycles. The van der Waals surface area contributed by atoms with Crippen LogP contribution in [0.1, 0.15) is 0 Å². The lowest BCUT2D eigenvalue weighted by atomic mass is 11.2. The maximum atomic E-state index is 7.96. The predicted octanol–water partition coefficient (Wildman–Crippen LogP) is -2.49. The first-order valence-electron chi connectivity index (χ1n) is 2.08. The predicted molar refractivity (Wildman–Crippen MR) is 23.5 cm³/mol. The second-order valence-electron chi connectivity index (χ2n) is 1.10. The molecule has 0 radical (unpaired) electrons. The van der Waals surface area contributed by atoms with E-state index in [0.717, 1.165) is 0 Å². The Kier molecular flexibility index (Phi) is 4.50. The van der Waals surface area contributed by atoms with Gasteiger partial charge in [-0.15, -0.1) is 0 Å². The number of ether oxygens (including phenoxy) is 2. The Balaban J connectivity index is 2.91. The van der Waals surface area contributed by atoms with Crippen molar-refractivity contribution in [3.05, 3.63) is 0 Å². The molecule has 0 bridgehead atoms. The highest BCUT2D eigenvalue weighted by atomic mass is 16.8. The van der Waals surface area contributed by atoms with Crippen molar-refractivity contribution in [1.29, 1.82) is 0 Å². The lowest BCUT2D eigenvalue weighted by Crippen LogP contribution is -2.18. The molecule has 0 atom stereocenters. The van der Waals surface area contributed by atoms with Crippen LogP contribution in [0.5, 0.6) is 0 Å². The Morgan fingerprint density at radius 1 is 0.889 bits per heavy atom. The van der Waals surface area contributed by atoms with Crippen molar-refractivity contribution in [2.45, 2.75) is 13.0 Å². The van der Waals surface area contributed by atoms with E-state index < -0.39 is 19.7 Å². The van der Waals surface area contributed by atoms with Gasteiger partial charge in [0.05, 0.1) is 0 Å². The summed E-state index contributed by atoms with van der Waals surface area (Å²) in [7, 11) is 0. The van der Waals surface area contributed by atoms with Crippen molar-refractivity contribution < 1.29 is 29.9 Å². The SMILES string of the molecule is OC(O)OCOC(O)O. The molecule has 6 nitrogen and oxygen atoms in total. The van der Waals surface area contributed by atoms with Crippen molar-refractivity contribution in [1.82, 2.24) is 0 Å². The highest BCUT2D eigenvalue weighted by molar-refractivity contribution is 4.06. The fourth-order valence-corrected chi connectivity index (χ4v) is 0.161. The fraction of sp³-hybridized carbons (Fsp3) is 1.00. The van der Waals surface area contributed by atoms with Gasteiger partial charge in [-0.05, 0) is 0 Å². The second-order valence-corrected chi connectivity index (χ2v) is 1.10. The molecule has 0 saturated carbocycles. The quantitative estimate of drug-likeness (QED) is 0.322. The van der Waals surface area contributed by atoms with Crippen molar-refractivity contribution >= 4 is 0 Å². The molecular weight excluding hydrogens is 132 g/mol. The van der Waals surface area contributed by atoms with Gasteiger partial charge in [0.15, 0.2) is 6.79 Å². The zero-order valence-corrected chi connectivity index (χ0v) is 4.47. The van der Waals surface area contributed by atoms with E-state index in [1.165, 1.54) is 0 Å². The Morgan fingerprint density at radius 3 is 1.44 bits per heavy atom. The summed E-state index contributed by atoms with van der Waals surface area (Å²) in [5.41, 5.74) is 0. The van der Waals surface area contributed by atoms with Crippen molar-refractivity contribution in [2.24, 2.45) is 0 Å². The number of aliphatic hydroxyl groups is 4. The smallest absolute Gasteiger partial charge is 0.268 e. The molecule has 0 aromatic heterocycles. The van der Waals surface area contributed by atoms with E-state index in [4.69, 9.17) is 20.4 Å². The van der Waals surface area contributed by atoms with Gasteiger partial charge in [-0.25, -0.2) is 0 Å². The molecule has 0 aliphatic rings. The van der Waals surface area contributed by atoms with E-state index in [2.05, 4.69) is 9.47 Å². The van der Waals surface area contributed by atoms with E-state index in [9.17, 15) is 0 Å². The Bertz CT molecular complexity index is 53.3. The molecule has 0 amide bonds. The van der Waals surface area contributed by atoms with Crippen LogP contribution in [0.25, 0.3) is 0 Å². The molecule has 56 valence electrons. The number of rotatable bonds is 4. The van der Waals surface area contributed by atoms with Crippen LogP contribution in [-0.4, -0.2) is 40.2 Å². The number of aliphatic hydroxyl groups excluding tert-OH is 2. The first kappa shape index (κ1) is 8.76. The van der Waals surface area contributed by atoms with Gasteiger partial charge in [-0.2, -0.15) is 0 Å². The van der Waals surface area contributed by atoms with E-state index in [1.54, 1.807) is 0 Å². The molecule has 0 aromatic rings. The van der Waals surface area contributed by atoms with E-state index in [1.807, 2.05) is 0 Å². The number of hydrogen-bond acceptors (Lipinski definition) is 6. The van der Waals surface area contributed by atoms with Crippen LogP contribution < -0.4 is 0 Å². The Morgan fingerprint density at radius 2 is 1.22 bits per heavy atom. The Hall–Kier alpha value is -0.240. The van der Waals surface area contributed by atoms with Crippen LogP contribution in [-0.2, 0) is 9.47 Å². The largest absolute Gasteiger partial charge is 0.346 e. The third kappa shape index (κ3) is 7.76. The first-order chi connectivity index (χ1) is 4.13. The van der Waals surface area contributed by atoms with Gasteiger partial charge in [0.25, 0.3) is 13.0 Å². The molecule has 9 heavy (non-hydrogen) atoms. The minimum Gasteiger partial charge on any atom is -0.346 e. The third-order valence-corrected chi connectivity index (χ3v) is 0.434. The van der Waals surface area contributed by atoms with Crippen LogP contribution in [0.4, 0.5) is 0 Å². The van der Waals surface area contributed by atoms with Crippen LogP contribution in [0.15, 0.2) is 0 Å². The zero-order chi connectivity index (χ0) is 7.28. The summed E-state index contributed by atoms with van der Waals surface area (Å²) in [5, 5.41) is 31.8. The minimum absolute atomic E-state index is 0.588. The van der Waals surface area contributed by atoms with Gasteiger partial charge in [-0.3, -0.25) is 0 Å². The van der Waals surface area contributed by atoms with Crippen molar-refractivity contribution in [2.75, 3.05) is 6.79 Å². The molecule has 0 aromatic carbocycles. The summed E-state index contributed by atoms with van der Waals surface area (Å²) in [5.74, 6) is 0. The van der Waals surface area contributed by atoms with E-state index in [0.29, 0.717) is 0 Å². The van der Waals surface area contributed by atoms with Gasteiger partial charge < -0.3 is 29.9 Å². The highest BCUT2D eigenvalue weighted by Gasteiger charge is 1.98. The lowest BCUT2D eigenvalue weighted by molar-refractivity contribution is -0.323. The summed E-state index contributed by atoms with van der Waals surface area (Å²) >= 11 is 0. The van der Waals surface area contributed by atoms with Gasteiger partial charge >= 0.3 is 0 Å². The molecule has 0 spiro atoms. The maximum absolute atomic E-state index is 7.96. The second kappa shape index (κ2) is 4.62. The monoisotopic (exact) mass is 140 g/mol. The highest BCUT2D eigenvalue weighted by Crippen LogP contribution is 1.84. The van der Waals surface area contributed by atoms with Gasteiger partial charge in [0.2, 0.25) is 0 Å². The van der Waals surface area contributed by atoms with Crippen LogP contribution in [0, 0.1) is 0 Å². The zero-order valence-electron chi connectivity index (χ0n) is 4.47. The van der Waals surface area contributed by atoms with Gasteiger partial charge in [0.1, 0.15) is 0 Å². The molecule has 4 N–H and O–H groups in total. The normalized spacial score (nSPS) is 11.3. The average Bonchev–Trinajstić information content (AvgIpc) is 1.63. The summed E-state index contributed by atoms with van der Waals surface area (Å²) in [6.45, 7) is -4.50. The van der Waals surface area contributed by atoms with Crippen molar-refractivity contribution in [3.63, 3.8) is 0 Å². The fourth-order valence-electron chi connectivity index (χ4n) is 0.161. The first-order valence-corrected chi connectivity index (χ1v) is 2.08. The van der Waals surface area contributed by atoms with Crippen LogP contribution in [0.2, 0.25) is 0 Å². The molecule has 0 aliphatic carbocycles. The molecule has 6 heteroatoms. The molecular formula is C3H8O6. The van der Waals surface area contributed by atoms with Crippen LogP contribution in [0.3, 0.4) is 0 Å². The average molecular weight is 140 g/mol. The molecule has 0 rings (SSSR count). The van der Waals surface area contributed by atoms with E-state index >= 15 is 0 Å². The Labute approximate surface area is 50.9 Å². The maximum Gasteiger partial charge on any atom is 0.268 e. The van der Waals surface area contributed by atoms with Crippen molar-refractivity contribution in [3.8, 4) is 0 Å². The summed E-state index contributed by atoms with van der Waals surface area (Å²) in [4.78, 5) is 0. The van der Waals surface area contributed by atoms with Crippen LogP contribution >= 0.6 is 0 Å². The summed E-state index contributed by atoms with van der Waals surface area (Å²) in [6, 6.07) is 0. The van der Waals surface area contributed by atoms with Gasteiger partial charge in [-0.1, -0.05) is 0 Å². The standard InChI is InChI=1S/C3H8O6/c4-2(5)8-1-9-3(6)7/h2-7H,1H2. The lowest BCUT2D eigenvalue weighted by Gasteiger charge is -2.06. The topological polar surface area (TPSA) is 99.4 Å². The molecule has 0 saturated heterocycles. The van der Waals surface area contributed by atoms with E-state index in [-0.39, 0.29) is 0 Å². The minimum atomic E-state index is -1.95. The molecule has 0 heterocycles. The third-order valence-electron chi connectivity index (χ3n) is 0.434.